The SMILES string of the molecule is COc1cc(C)ccc1-c1noc(CC(=O)CC(C)C)n1. The van der Waals surface area contributed by atoms with Crippen molar-refractivity contribution in [2.45, 2.75) is 33.6 Å². The molecular formula is C16H20N2O3. The Hall–Kier alpha value is -2.17. The lowest BCUT2D eigenvalue weighted by molar-refractivity contribution is -0.119. The summed E-state index contributed by atoms with van der Waals surface area (Å²) in [6.45, 7) is 6.00. The minimum Gasteiger partial charge on any atom is -0.496 e. The van der Waals surface area contributed by atoms with E-state index in [1.807, 2.05) is 39.0 Å². The van der Waals surface area contributed by atoms with Crippen LogP contribution in [0.25, 0.3) is 11.4 Å². The van der Waals surface area contributed by atoms with Gasteiger partial charge in [-0.15, -0.1) is 0 Å². The van der Waals surface area contributed by atoms with Crippen LogP contribution in [0.1, 0.15) is 31.7 Å². The zero-order valence-corrected chi connectivity index (χ0v) is 12.8. The van der Waals surface area contributed by atoms with Gasteiger partial charge in [-0.2, -0.15) is 4.98 Å². The van der Waals surface area contributed by atoms with E-state index >= 15 is 0 Å². The van der Waals surface area contributed by atoms with Gasteiger partial charge in [-0.05, 0) is 30.5 Å². The van der Waals surface area contributed by atoms with Gasteiger partial charge in [0.2, 0.25) is 11.7 Å². The van der Waals surface area contributed by atoms with Crippen molar-refractivity contribution < 1.29 is 14.1 Å². The fourth-order valence-electron chi connectivity index (χ4n) is 2.12. The van der Waals surface area contributed by atoms with E-state index in [1.165, 1.54) is 0 Å². The minimum atomic E-state index is 0.107. The number of rotatable bonds is 6. The quantitative estimate of drug-likeness (QED) is 0.816. The number of benzene rings is 1. The van der Waals surface area contributed by atoms with Crippen molar-refractivity contribution in [3.05, 3.63) is 29.7 Å². The number of ketones is 1. The van der Waals surface area contributed by atoms with Crippen LogP contribution in [-0.2, 0) is 11.2 Å². The summed E-state index contributed by atoms with van der Waals surface area (Å²) in [6, 6.07) is 5.76. The summed E-state index contributed by atoms with van der Waals surface area (Å²) in [5, 5.41) is 3.94. The molecule has 1 aromatic carbocycles. The van der Waals surface area contributed by atoms with Crippen molar-refractivity contribution in [3.63, 3.8) is 0 Å². The van der Waals surface area contributed by atoms with E-state index in [4.69, 9.17) is 9.26 Å². The molecule has 5 heteroatoms. The van der Waals surface area contributed by atoms with E-state index < -0.39 is 0 Å². The Bertz CT molecular complexity index is 632. The lowest BCUT2D eigenvalue weighted by atomic mass is 10.1. The van der Waals surface area contributed by atoms with E-state index in [0.717, 1.165) is 11.1 Å². The number of aromatic nitrogens is 2. The lowest BCUT2D eigenvalue weighted by Crippen LogP contribution is -2.06. The monoisotopic (exact) mass is 288 g/mol. The van der Waals surface area contributed by atoms with E-state index in [-0.39, 0.29) is 12.2 Å². The highest BCUT2D eigenvalue weighted by Crippen LogP contribution is 2.28. The third kappa shape index (κ3) is 3.90. The second kappa shape index (κ2) is 6.52. The number of Topliss-reactive ketones (excluding diaryl/α,β-unsaturated/α-hetero) is 1. The summed E-state index contributed by atoms with van der Waals surface area (Å²) in [5.41, 5.74) is 1.85. The Morgan fingerprint density at radius 2 is 2.14 bits per heavy atom. The topological polar surface area (TPSA) is 65.2 Å². The molecule has 0 amide bonds. The van der Waals surface area contributed by atoms with Gasteiger partial charge in [-0.25, -0.2) is 0 Å². The third-order valence-corrected chi connectivity index (χ3v) is 3.05. The second-order valence-electron chi connectivity index (χ2n) is 5.53. The fourth-order valence-corrected chi connectivity index (χ4v) is 2.12. The first-order valence-corrected chi connectivity index (χ1v) is 6.99. The molecule has 21 heavy (non-hydrogen) atoms. The van der Waals surface area contributed by atoms with E-state index in [0.29, 0.717) is 29.8 Å². The summed E-state index contributed by atoms with van der Waals surface area (Å²) in [6.07, 6.45) is 0.699. The zero-order valence-electron chi connectivity index (χ0n) is 12.8. The molecule has 0 radical (unpaired) electrons. The van der Waals surface area contributed by atoms with Crippen molar-refractivity contribution in [3.8, 4) is 17.1 Å². The molecule has 1 aromatic heterocycles. The van der Waals surface area contributed by atoms with Crippen LogP contribution in [-0.4, -0.2) is 23.0 Å². The predicted molar refractivity (Wildman–Crippen MR) is 79.2 cm³/mol. The van der Waals surface area contributed by atoms with Gasteiger partial charge in [0, 0.05) is 6.42 Å². The maximum absolute atomic E-state index is 11.8. The molecule has 2 aromatic rings. The molecule has 0 atom stereocenters. The number of carbonyl (C=O) groups excluding carboxylic acids is 1. The van der Waals surface area contributed by atoms with Gasteiger partial charge in [-0.3, -0.25) is 4.79 Å². The van der Waals surface area contributed by atoms with E-state index in [9.17, 15) is 4.79 Å². The highest BCUT2D eigenvalue weighted by atomic mass is 16.5. The molecule has 1 heterocycles. The summed E-state index contributed by atoms with van der Waals surface area (Å²) >= 11 is 0. The maximum Gasteiger partial charge on any atom is 0.234 e. The standard InChI is InChI=1S/C16H20N2O3/c1-10(2)7-12(19)9-15-17-16(18-21-15)13-6-5-11(3)8-14(13)20-4/h5-6,8,10H,7,9H2,1-4H3. The molecule has 112 valence electrons. The van der Waals surface area contributed by atoms with Crippen LogP contribution in [0.15, 0.2) is 22.7 Å². The highest BCUT2D eigenvalue weighted by molar-refractivity contribution is 5.80. The van der Waals surface area contributed by atoms with Gasteiger partial charge in [-0.1, -0.05) is 25.1 Å². The van der Waals surface area contributed by atoms with E-state index in [2.05, 4.69) is 10.1 Å². The Labute approximate surface area is 124 Å². The van der Waals surface area contributed by atoms with Gasteiger partial charge in [0.1, 0.15) is 11.5 Å². The Kier molecular flexibility index (Phi) is 4.73. The van der Waals surface area contributed by atoms with Gasteiger partial charge in [0.05, 0.1) is 19.1 Å². The summed E-state index contributed by atoms with van der Waals surface area (Å²) < 4.78 is 10.5. The van der Waals surface area contributed by atoms with Crippen molar-refractivity contribution in [1.82, 2.24) is 10.1 Å². The lowest BCUT2D eigenvalue weighted by Gasteiger charge is -2.05. The average molecular weight is 288 g/mol. The van der Waals surface area contributed by atoms with Crippen LogP contribution >= 0.6 is 0 Å². The van der Waals surface area contributed by atoms with Crippen molar-refractivity contribution in [1.29, 1.82) is 0 Å². The maximum atomic E-state index is 11.8. The van der Waals surface area contributed by atoms with Gasteiger partial charge in [0.15, 0.2) is 0 Å². The highest BCUT2D eigenvalue weighted by Gasteiger charge is 2.16. The molecule has 0 N–H and O–H groups in total. The van der Waals surface area contributed by atoms with Crippen LogP contribution in [0.4, 0.5) is 0 Å². The summed E-state index contributed by atoms with van der Waals surface area (Å²) in [7, 11) is 1.60. The van der Waals surface area contributed by atoms with Crippen LogP contribution < -0.4 is 4.74 Å². The van der Waals surface area contributed by atoms with Gasteiger partial charge >= 0.3 is 0 Å². The van der Waals surface area contributed by atoms with Crippen LogP contribution in [0.3, 0.4) is 0 Å². The first-order chi connectivity index (χ1) is 9.99. The van der Waals surface area contributed by atoms with Crippen LogP contribution in [0.5, 0.6) is 5.75 Å². The van der Waals surface area contributed by atoms with Gasteiger partial charge in [0.25, 0.3) is 0 Å². The Morgan fingerprint density at radius 3 is 2.81 bits per heavy atom. The molecule has 0 saturated heterocycles. The molecule has 0 fully saturated rings. The molecule has 0 saturated carbocycles. The first-order valence-electron chi connectivity index (χ1n) is 6.99. The number of ether oxygens (including phenoxy) is 1. The van der Waals surface area contributed by atoms with Gasteiger partial charge < -0.3 is 9.26 Å². The zero-order chi connectivity index (χ0) is 15.4. The number of aryl methyl sites for hydroxylation is 1. The van der Waals surface area contributed by atoms with Crippen LogP contribution in [0.2, 0.25) is 0 Å². The number of hydrogen-bond acceptors (Lipinski definition) is 5. The fraction of sp³-hybridized carbons (Fsp3) is 0.438. The van der Waals surface area contributed by atoms with Crippen molar-refractivity contribution >= 4 is 5.78 Å². The molecule has 5 nitrogen and oxygen atoms in total. The van der Waals surface area contributed by atoms with Crippen LogP contribution in [0, 0.1) is 12.8 Å². The van der Waals surface area contributed by atoms with Crippen molar-refractivity contribution in [2.75, 3.05) is 7.11 Å². The molecule has 0 unspecified atom stereocenters. The molecule has 0 spiro atoms. The second-order valence-corrected chi connectivity index (χ2v) is 5.53. The predicted octanol–water partition coefficient (Wildman–Crippen LogP) is 3.21. The molecule has 0 aliphatic rings. The number of hydrogen-bond donors (Lipinski definition) is 0. The number of carbonyl (C=O) groups is 1. The smallest absolute Gasteiger partial charge is 0.234 e. The Balaban J connectivity index is 2.18. The largest absolute Gasteiger partial charge is 0.496 e. The normalized spacial score (nSPS) is 10.9. The molecule has 0 aliphatic heterocycles. The summed E-state index contributed by atoms with van der Waals surface area (Å²) in [4.78, 5) is 16.1. The third-order valence-electron chi connectivity index (χ3n) is 3.05. The molecule has 2 rings (SSSR count). The molecule has 0 aliphatic carbocycles. The average Bonchev–Trinajstić information content (AvgIpc) is 2.85. The molecule has 0 bridgehead atoms. The molecular weight excluding hydrogens is 268 g/mol. The van der Waals surface area contributed by atoms with E-state index in [1.54, 1.807) is 7.11 Å². The minimum absolute atomic E-state index is 0.107. The number of nitrogens with zero attached hydrogens (tertiary/aromatic N) is 2. The summed E-state index contributed by atoms with van der Waals surface area (Å²) in [5.74, 6) is 1.92. The first kappa shape index (κ1) is 15.2. The number of methoxy groups -OCH3 is 1. The Morgan fingerprint density at radius 1 is 1.38 bits per heavy atom. The van der Waals surface area contributed by atoms with Crippen molar-refractivity contribution in [2.24, 2.45) is 5.92 Å².